The molecule has 8 nitrogen and oxygen atoms in total. The minimum Gasteiger partial charge on any atom is -0.492 e. The molecule has 0 aliphatic heterocycles. The fourth-order valence-corrected chi connectivity index (χ4v) is 2.82. The number of thioether (sulfide) groups is 1. The number of hydrogen-bond donors (Lipinski definition) is 2. The number of nitrogens with two attached hydrogens (primary N) is 1. The van der Waals surface area contributed by atoms with E-state index >= 15 is 0 Å². The molecule has 2 heterocycles. The number of aromatic nitrogens is 2. The van der Waals surface area contributed by atoms with Crippen molar-refractivity contribution in [2.45, 2.75) is 5.22 Å². The first kappa shape index (κ1) is 19.6. The summed E-state index contributed by atoms with van der Waals surface area (Å²) in [5.74, 6) is 1.86. The summed E-state index contributed by atoms with van der Waals surface area (Å²) in [6, 6.07) is 10.5. The van der Waals surface area contributed by atoms with E-state index in [2.05, 4.69) is 15.3 Å². The fourth-order valence-electron chi connectivity index (χ4n) is 2.47. The van der Waals surface area contributed by atoms with Crippen molar-refractivity contribution in [3.05, 3.63) is 42.6 Å². The van der Waals surface area contributed by atoms with Gasteiger partial charge >= 0.3 is 6.03 Å². The second-order valence-corrected chi connectivity index (χ2v) is 6.37. The molecule has 3 rings (SSSR count). The number of oxazole rings is 1. The number of benzene rings is 1. The molecule has 0 radical (unpaired) electrons. The van der Waals surface area contributed by atoms with Crippen LogP contribution >= 0.6 is 11.8 Å². The van der Waals surface area contributed by atoms with Crippen molar-refractivity contribution >= 4 is 17.8 Å². The number of hydrogen-bond acceptors (Lipinski definition) is 7. The lowest BCUT2D eigenvalue weighted by Crippen LogP contribution is -2.32. The number of amides is 2. The number of carbonyl (C=O) groups is 1. The third kappa shape index (κ3) is 4.74. The smallest absolute Gasteiger partial charge is 0.312 e. The minimum absolute atomic E-state index is 0.323. The molecule has 0 unspecified atom stereocenters. The Labute approximate surface area is 166 Å². The maximum atomic E-state index is 10.6. The molecule has 0 aliphatic carbocycles. The Morgan fingerprint density at radius 1 is 1.21 bits per heavy atom. The second-order valence-electron chi connectivity index (χ2n) is 5.61. The van der Waals surface area contributed by atoms with Gasteiger partial charge in [-0.25, -0.2) is 14.8 Å². The first-order chi connectivity index (χ1) is 13.6. The van der Waals surface area contributed by atoms with Gasteiger partial charge in [0.25, 0.3) is 5.22 Å². The lowest BCUT2D eigenvalue weighted by molar-refractivity contribution is 0.244. The normalized spacial score (nSPS) is 10.5. The van der Waals surface area contributed by atoms with E-state index in [0.29, 0.717) is 41.5 Å². The maximum Gasteiger partial charge on any atom is 0.312 e. The van der Waals surface area contributed by atoms with E-state index in [9.17, 15) is 4.79 Å². The fraction of sp³-hybridized carbons (Fsp3) is 0.211. The van der Waals surface area contributed by atoms with Gasteiger partial charge in [-0.05, 0) is 36.6 Å². The number of nitrogens with one attached hydrogen (secondary N) is 1. The number of carbonyl (C=O) groups excluding carboxylic acids is 1. The Bertz CT molecular complexity index is 926. The van der Waals surface area contributed by atoms with Crippen LogP contribution in [0.15, 0.2) is 52.2 Å². The first-order valence-electron chi connectivity index (χ1n) is 8.42. The molecule has 9 heteroatoms. The molecule has 0 saturated heterocycles. The van der Waals surface area contributed by atoms with E-state index in [1.165, 1.54) is 11.8 Å². The quantitative estimate of drug-likeness (QED) is 0.441. The van der Waals surface area contributed by atoms with E-state index < -0.39 is 6.03 Å². The molecule has 0 bridgehead atoms. The van der Waals surface area contributed by atoms with Gasteiger partial charge in [-0.15, -0.1) is 0 Å². The van der Waals surface area contributed by atoms with Gasteiger partial charge in [-0.2, -0.15) is 0 Å². The number of nitrogens with zero attached hydrogens (tertiary/aromatic N) is 2. The Morgan fingerprint density at radius 3 is 2.57 bits per heavy atom. The van der Waals surface area contributed by atoms with Crippen molar-refractivity contribution in [3.63, 3.8) is 0 Å². The Morgan fingerprint density at radius 2 is 1.96 bits per heavy atom. The highest BCUT2D eigenvalue weighted by Crippen LogP contribution is 2.35. The Balaban J connectivity index is 1.80. The highest BCUT2D eigenvalue weighted by Gasteiger charge is 2.17. The van der Waals surface area contributed by atoms with Crippen LogP contribution in [0.25, 0.3) is 22.6 Å². The van der Waals surface area contributed by atoms with E-state index in [1.54, 1.807) is 19.4 Å². The second kappa shape index (κ2) is 9.14. The summed E-state index contributed by atoms with van der Waals surface area (Å²) in [6.45, 7) is 0.662. The molecule has 1 aromatic carbocycles. The van der Waals surface area contributed by atoms with Crippen LogP contribution in [0.3, 0.4) is 0 Å². The predicted octanol–water partition coefficient (Wildman–Crippen LogP) is 3.18. The van der Waals surface area contributed by atoms with Gasteiger partial charge < -0.3 is 24.9 Å². The van der Waals surface area contributed by atoms with Gasteiger partial charge in [0.2, 0.25) is 5.88 Å². The van der Waals surface area contributed by atoms with Crippen molar-refractivity contribution in [1.29, 1.82) is 0 Å². The number of urea groups is 1. The van der Waals surface area contributed by atoms with Crippen molar-refractivity contribution in [1.82, 2.24) is 15.3 Å². The number of rotatable bonds is 8. The summed E-state index contributed by atoms with van der Waals surface area (Å²) >= 11 is 1.43. The lowest BCUT2D eigenvalue weighted by Gasteiger charge is -2.07. The molecule has 2 aromatic heterocycles. The predicted molar refractivity (Wildman–Crippen MR) is 107 cm³/mol. The zero-order valence-electron chi connectivity index (χ0n) is 15.5. The van der Waals surface area contributed by atoms with Crippen LogP contribution in [-0.2, 0) is 0 Å². The van der Waals surface area contributed by atoms with Crippen molar-refractivity contribution in [2.75, 3.05) is 26.5 Å². The van der Waals surface area contributed by atoms with Crippen LogP contribution in [0, 0.1) is 0 Å². The highest BCUT2D eigenvalue weighted by molar-refractivity contribution is 7.98. The molecule has 146 valence electrons. The zero-order valence-corrected chi connectivity index (χ0v) is 16.3. The average molecular weight is 400 g/mol. The number of primary amides is 1. The van der Waals surface area contributed by atoms with Crippen molar-refractivity contribution in [3.8, 4) is 34.2 Å². The van der Waals surface area contributed by atoms with Crippen LogP contribution in [0.2, 0.25) is 0 Å². The van der Waals surface area contributed by atoms with E-state index in [0.717, 1.165) is 11.1 Å². The highest BCUT2D eigenvalue weighted by atomic mass is 32.2. The average Bonchev–Trinajstić information content (AvgIpc) is 3.16. The van der Waals surface area contributed by atoms with Crippen LogP contribution < -0.4 is 20.5 Å². The standard InChI is InChI=1S/C19H20N4O4S/c1-25-15-8-5-13(11-22-15)16-17(27-19(23-16)28-2)12-3-6-14(7-4-12)26-10-9-21-18(20)24/h3-8,11H,9-10H2,1-2H3,(H3,20,21,24). The summed E-state index contributed by atoms with van der Waals surface area (Å²) in [5, 5.41) is 3.04. The third-order valence-electron chi connectivity index (χ3n) is 3.79. The van der Waals surface area contributed by atoms with Gasteiger partial charge in [0.1, 0.15) is 18.1 Å². The SMILES string of the molecule is COc1ccc(-c2nc(SC)oc2-c2ccc(OCCNC(N)=O)cc2)cn1. The summed E-state index contributed by atoms with van der Waals surface area (Å²) in [5.41, 5.74) is 7.41. The van der Waals surface area contributed by atoms with Gasteiger partial charge in [0, 0.05) is 23.4 Å². The van der Waals surface area contributed by atoms with Gasteiger partial charge in [-0.1, -0.05) is 11.8 Å². The number of ether oxygens (including phenoxy) is 2. The largest absolute Gasteiger partial charge is 0.492 e. The monoisotopic (exact) mass is 400 g/mol. The van der Waals surface area contributed by atoms with Crippen LogP contribution in [0.4, 0.5) is 4.79 Å². The molecule has 0 fully saturated rings. The molecule has 2 amide bonds. The molecule has 0 atom stereocenters. The van der Waals surface area contributed by atoms with Gasteiger partial charge in [-0.3, -0.25) is 0 Å². The first-order valence-corrected chi connectivity index (χ1v) is 9.65. The van der Waals surface area contributed by atoms with E-state index in [-0.39, 0.29) is 0 Å². The van der Waals surface area contributed by atoms with E-state index in [4.69, 9.17) is 19.6 Å². The van der Waals surface area contributed by atoms with Crippen molar-refractivity contribution < 1.29 is 18.7 Å². The lowest BCUT2D eigenvalue weighted by atomic mass is 10.1. The summed E-state index contributed by atoms with van der Waals surface area (Å²) in [4.78, 5) is 19.5. The zero-order chi connectivity index (χ0) is 19.9. The molecule has 3 aromatic rings. The Hall–Kier alpha value is -3.20. The summed E-state index contributed by atoms with van der Waals surface area (Å²) in [7, 11) is 1.57. The molecule has 0 aliphatic rings. The maximum absolute atomic E-state index is 10.6. The van der Waals surface area contributed by atoms with Crippen molar-refractivity contribution in [2.24, 2.45) is 5.73 Å². The Kier molecular flexibility index (Phi) is 6.38. The van der Waals surface area contributed by atoms with Crippen LogP contribution in [-0.4, -0.2) is 42.5 Å². The molecule has 3 N–H and O–H groups in total. The number of methoxy groups -OCH3 is 1. The summed E-state index contributed by atoms with van der Waals surface area (Å²) in [6.07, 6.45) is 3.61. The molecular weight excluding hydrogens is 380 g/mol. The molecule has 0 saturated carbocycles. The summed E-state index contributed by atoms with van der Waals surface area (Å²) < 4.78 is 16.6. The molecular formula is C19H20N4O4S. The van der Waals surface area contributed by atoms with Gasteiger partial charge in [0.05, 0.1) is 13.7 Å². The minimum atomic E-state index is -0.575. The third-order valence-corrected chi connectivity index (χ3v) is 4.31. The van der Waals surface area contributed by atoms with Crippen LogP contribution in [0.1, 0.15) is 0 Å². The van der Waals surface area contributed by atoms with Gasteiger partial charge in [0.15, 0.2) is 5.76 Å². The van der Waals surface area contributed by atoms with Crippen LogP contribution in [0.5, 0.6) is 11.6 Å². The van der Waals surface area contributed by atoms with E-state index in [1.807, 2.05) is 36.6 Å². The molecule has 28 heavy (non-hydrogen) atoms. The topological polar surface area (TPSA) is 113 Å². The number of pyridine rings is 1. The molecule has 0 spiro atoms.